The molecule has 0 aliphatic rings. The number of halogens is 1. The zero-order valence-electron chi connectivity index (χ0n) is 14.8. The second-order valence-electron chi connectivity index (χ2n) is 6.17. The van der Waals surface area contributed by atoms with Gasteiger partial charge in [0.05, 0.1) is 6.04 Å². The molecule has 1 amide bonds. The molecule has 3 rings (SSSR count). The Labute approximate surface area is 158 Å². The molecule has 3 aromatic carbocycles. The van der Waals surface area contributed by atoms with Crippen LogP contribution in [0.1, 0.15) is 33.4 Å². The largest absolute Gasteiger partial charge is 0.287 e. The molecule has 0 saturated heterocycles. The lowest BCUT2D eigenvalue weighted by Gasteiger charge is -2.27. The molecule has 3 nitrogen and oxygen atoms in total. The Morgan fingerprint density at radius 2 is 1.44 bits per heavy atom. The van der Waals surface area contributed by atoms with Gasteiger partial charge in [0.1, 0.15) is 5.82 Å². The first-order valence-electron chi connectivity index (χ1n) is 8.73. The van der Waals surface area contributed by atoms with E-state index in [-0.39, 0.29) is 23.7 Å². The Bertz CT molecular complexity index is 879. The van der Waals surface area contributed by atoms with Crippen LogP contribution in [0.25, 0.3) is 0 Å². The maximum Gasteiger partial charge on any atom is 0.265 e. The molecule has 2 N–H and O–H groups in total. The summed E-state index contributed by atoms with van der Waals surface area (Å²) in [5.41, 5.74) is 8.32. The maximum atomic E-state index is 13.4. The fourth-order valence-electron chi connectivity index (χ4n) is 3.00. The predicted molar refractivity (Wildman–Crippen MR) is 106 cm³/mol. The van der Waals surface area contributed by atoms with Crippen molar-refractivity contribution in [2.24, 2.45) is 0 Å². The van der Waals surface area contributed by atoms with E-state index in [1.54, 1.807) is 24.3 Å². The summed E-state index contributed by atoms with van der Waals surface area (Å²) >= 11 is 0. The van der Waals surface area contributed by atoms with Gasteiger partial charge in [-0.1, -0.05) is 66.7 Å². The predicted octanol–water partition coefficient (Wildman–Crippen LogP) is 4.77. The third-order valence-corrected chi connectivity index (χ3v) is 4.40. The minimum absolute atomic E-state index is 0.118. The van der Waals surface area contributed by atoms with Crippen LogP contribution in [0.15, 0.2) is 97.6 Å². The number of nitrogens with one attached hydrogen (secondary N) is 2. The minimum atomic E-state index is -0.307. The summed E-state index contributed by atoms with van der Waals surface area (Å²) in [6.07, 6.45) is 1.82. The first kappa shape index (κ1) is 18.5. The van der Waals surface area contributed by atoms with Gasteiger partial charge in [-0.2, -0.15) is 0 Å². The smallest absolute Gasteiger partial charge is 0.265 e. The zero-order chi connectivity index (χ0) is 19.1. The van der Waals surface area contributed by atoms with Crippen LogP contribution in [-0.4, -0.2) is 5.91 Å². The number of carbonyl (C=O) groups excluding carboxylic acids is 1. The number of rotatable bonds is 7. The van der Waals surface area contributed by atoms with E-state index >= 15 is 0 Å². The highest BCUT2D eigenvalue weighted by atomic mass is 19.1. The quantitative estimate of drug-likeness (QED) is 0.471. The summed E-state index contributed by atoms with van der Waals surface area (Å²) in [5, 5.41) is 0. The number of hydrogen-bond donors (Lipinski definition) is 2. The van der Waals surface area contributed by atoms with E-state index in [1.165, 1.54) is 12.1 Å². The third kappa shape index (κ3) is 4.68. The van der Waals surface area contributed by atoms with Gasteiger partial charge in [-0.3, -0.25) is 10.2 Å². The second kappa shape index (κ2) is 8.92. The lowest BCUT2D eigenvalue weighted by Crippen LogP contribution is -2.42. The number of hydrogen-bond acceptors (Lipinski definition) is 2. The van der Waals surface area contributed by atoms with Crippen molar-refractivity contribution in [3.8, 4) is 0 Å². The third-order valence-electron chi connectivity index (χ3n) is 4.40. The highest BCUT2D eigenvalue weighted by molar-refractivity contribution is 5.93. The van der Waals surface area contributed by atoms with E-state index in [9.17, 15) is 9.18 Å². The lowest BCUT2D eigenvalue weighted by atomic mass is 9.87. The number of benzene rings is 3. The van der Waals surface area contributed by atoms with E-state index < -0.39 is 0 Å². The molecule has 2 atom stereocenters. The van der Waals surface area contributed by atoms with Gasteiger partial charge in [-0.05, 0) is 35.4 Å². The molecule has 4 heteroatoms. The molecule has 0 spiro atoms. The first-order chi connectivity index (χ1) is 13.2. The average molecular weight is 360 g/mol. The fraction of sp³-hybridized carbons (Fsp3) is 0.0870. The SMILES string of the molecule is C=CC(c1ccccc1)C(NNC(=O)c1ccccc1)c1ccc(F)cc1. The number of carbonyl (C=O) groups is 1. The second-order valence-corrected chi connectivity index (χ2v) is 6.17. The molecule has 3 aromatic rings. The van der Waals surface area contributed by atoms with Gasteiger partial charge < -0.3 is 0 Å². The van der Waals surface area contributed by atoms with Crippen LogP contribution in [0, 0.1) is 5.82 Å². The molecule has 0 heterocycles. The highest BCUT2D eigenvalue weighted by Gasteiger charge is 2.23. The Morgan fingerprint density at radius 1 is 0.852 bits per heavy atom. The van der Waals surface area contributed by atoms with Crippen LogP contribution in [0.2, 0.25) is 0 Å². The van der Waals surface area contributed by atoms with Crippen LogP contribution in [0.5, 0.6) is 0 Å². The van der Waals surface area contributed by atoms with Gasteiger partial charge in [0, 0.05) is 11.5 Å². The fourth-order valence-corrected chi connectivity index (χ4v) is 3.00. The molecule has 136 valence electrons. The van der Waals surface area contributed by atoms with Crippen molar-refractivity contribution in [3.63, 3.8) is 0 Å². The molecule has 2 unspecified atom stereocenters. The van der Waals surface area contributed by atoms with E-state index in [0.29, 0.717) is 5.56 Å². The van der Waals surface area contributed by atoms with Crippen molar-refractivity contribution in [2.45, 2.75) is 12.0 Å². The van der Waals surface area contributed by atoms with Gasteiger partial charge >= 0.3 is 0 Å². The van der Waals surface area contributed by atoms with Gasteiger partial charge in [-0.25, -0.2) is 9.82 Å². The van der Waals surface area contributed by atoms with E-state index in [4.69, 9.17) is 0 Å². The average Bonchev–Trinajstić information content (AvgIpc) is 2.73. The molecule has 0 aromatic heterocycles. The van der Waals surface area contributed by atoms with E-state index in [0.717, 1.165) is 11.1 Å². The maximum absolute atomic E-state index is 13.4. The number of amides is 1. The molecule has 0 fully saturated rings. The topological polar surface area (TPSA) is 41.1 Å². The van der Waals surface area contributed by atoms with Crippen LogP contribution in [0.4, 0.5) is 4.39 Å². The minimum Gasteiger partial charge on any atom is -0.287 e. The standard InChI is InChI=1S/C23H21FN2O/c1-2-21(17-9-5-3-6-10-17)22(18-13-15-20(24)16-14-18)25-26-23(27)19-11-7-4-8-12-19/h2-16,21-22,25H,1H2,(H,26,27). The summed E-state index contributed by atoms with van der Waals surface area (Å²) in [5.74, 6) is -0.660. The van der Waals surface area contributed by atoms with Gasteiger partial charge in [0.15, 0.2) is 0 Å². The van der Waals surface area contributed by atoms with Crippen molar-refractivity contribution < 1.29 is 9.18 Å². The summed E-state index contributed by atoms with van der Waals surface area (Å²) < 4.78 is 13.4. The first-order valence-corrected chi connectivity index (χ1v) is 8.73. The van der Waals surface area contributed by atoms with Gasteiger partial charge in [0.2, 0.25) is 0 Å². The van der Waals surface area contributed by atoms with Crippen LogP contribution < -0.4 is 10.9 Å². The van der Waals surface area contributed by atoms with Gasteiger partial charge in [-0.15, -0.1) is 6.58 Å². The molecule has 0 radical (unpaired) electrons. The zero-order valence-corrected chi connectivity index (χ0v) is 14.8. The van der Waals surface area contributed by atoms with E-state index in [2.05, 4.69) is 17.4 Å². The summed E-state index contributed by atoms with van der Waals surface area (Å²) in [7, 11) is 0. The van der Waals surface area contributed by atoms with Crippen molar-refractivity contribution in [1.82, 2.24) is 10.9 Å². The lowest BCUT2D eigenvalue weighted by molar-refractivity contribution is 0.0923. The molecular formula is C23H21FN2O. The van der Waals surface area contributed by atoms with Crippen molar-refractivity contribution >= 4 is 5.91 Å². The summed E-state index contributed by atoms with van der Waals surface area (Å²) in [6.45, 7) is 3.96. The molecule has 0 bridgehead atoms. The highest BCUT2D eigenvalue weighted by Crippen LogP contribution is 2.31. The van der Waals surface area contributed by atoms with Crippen molar-refractivity contribution in [2.75, 3.05) is 0 Å². The van der Waals surface area contributed by atoms with Crippen LogP contribution >= 0.6 is 0 Å². The molecule has 27 heavy (non-hydrogen) atoms. The van der Waals surface area contributed by atoms with Crippen molar-refractivity contribution in [1.29, 1.82) is 0 Å². The summed E-state index contributed by atoms with van der Waals surface area (Å²) in [4.78, 5) is 12.4. The van der Waals surface area contributed by atoms with Crippen molar-refractivity contribution in [3.05, 3.63) is 120 Å². The molecule has 0 saturated carbocycles. The van der Waals surface area contributed by atoms with Gasteiger partial charge in [0.25, 0.3) is 5.91 Å². The Balaban J connectivity index is 1.86. The Morgan fingerprint density at radius 3 is 2.04 bits per heavy atom. The molecule has 0 aliphatic carbocycles. The van der Waals surface area contributed by atoms with Crippen LogP contribution in [0.3, 0.4) is 0 Å². The normalized spacial score (nSPS) is 12.8. The van der Waals surface area contributed by atoms with Crippen LogP contribution in [-0.2, 0) is 0 Å². The summed E-state index contributed by atoms with van der Waals surface area (Å²) in [6, 6.07) is 24.8. The monoisotopic (exact) mass is 360 g/mol. The number of hydrazine groups is 1. The molecular weight excluding hydrogens is 339 g/mol. The molecule has 0 aliphatic heterocycles. The van der Waals surface area contributed by atoms with E-state index in [1.807, 2.05) is 54.6 Å². The Kier molecular flexibility index (Phi) is 6.13. The Hall–Kier alpha value is -3.24.